The minimum absolute atomic E-state index is 0.0945. The molecule has 1 saturated heterocycles. The molecule has 0 spiro atoms. The predicted octanol–water partition coefficient (Wildman–Crippen LogP) is 4.34. The fourth-order valence-corrected chi connectivity index (χ4v) is 6.80. The normalized spacial score (nSPS) is 23.4. The number of hydrogen-bond acceptors (Lipinski definition) is 5. The first-order chi connectivity index (χ1) is 12.8. The van der Waals surface area contributed by atoms with Gasteiger partial charge in [-0.2, -0.15) is 0 Å². The van der Waals surface area contributed by atoms with Gasteiger partial charge < -0.3 is 4.90 Å². The van der Waals surface area contributed by atoms with Crippen LogP contribution in [0.4, 0.5) is 5.69 Å². The van der Waals surface area contributed by atoms with Gasteiger partial charge in [0.2, 0.25) is 0 Å². The maximum Gasteiger partial charge on any atom is 0.164 e. The molecule has 0 radical (unpaired) electrons. The zero-order valence-electron chi connectivity index (χ0n) is 15.2. The standard InChI is InChI=1S/C20H21BrN2O2S2/c1-13-3-4-14(2)18(9-13)23-19-12-27(24,25)11-17(19)22-20(23)26-10-15-5-7-16(21)8-6-15/h3-9,17,19H,10-12H2,1-2H3/t17-,19-/m1/s1. The van der Waals surface area contributed by atoms with Gasteiger partial charge in [-0.1, -0.05) is 52.0 Å². The van der Waals surface area contributed by atoms with Crippen LogP contribution in [0.25, 0.3) is 0 Å². The highest BCUT2D eigenvalue weighted by atomic mass is 79.9. The summed E-state index contributed by atoms with van der Waals surface area (Å²) in [7, 11) is -3.03. The van der Waals surface area contributed by atoms with Crippen LogP contribution in [-0.2, 0) is 15.6 Å². The Kier molecular flexibility index (Phi) is 5.12. The maximum absolute atomic E-state index is 12.2. The predicted molar refractivity (Wildman–Crippen MR) is 117 cm³/mol. The maximum atomic E-state index is 12.2. The number of amidine groups is 1. The van der Waals surface area contributed by atoms with Crippen molar-refractivity contribution < 1.29 is 8.42 Å². The molecule has 2 heterocycles. The van der Waals surface area contributed by atoms with Gasteiger partial charge in [0, 0.05) is 15.9 Å². The number of aliphatic imine (C=N–C) groups is 1. The molecule has 0 bridgehead atoms. The lowest BCUT2D eigenvalue weighted by Gasteiger charge is -2.28. The molecule has 0 aliphatic carbocycles. The van der Waals surface area contributed by atoms with Crippen molar-refractivity contribution in [2.45, 2.75) is 31.7 Å². The Morgan fingerprint density at radius 3 is 2.63 bits per heavy atom. The zero-order chi connectivity index (χ0) is 19.2. The highest BCUT2D eigenvalue weighted by molar-refractivity contribution is 9.10. The smallest absolute Gasteiger partial charge is 0.164 e. The molecule has 2 aromatic rings. The average molecular weight is 465 g/mol. The number of nitrogens with zero attached hydrogens (tertiary/aromatic N) is 2. The first kappa shape index (κ1) is 19.0. The largest absolute Gasteiger partial charge is 0.315 e. The van der Waals surface area contributed by atoms with E-state index in [9.17, 15) is 8.42 Å². The van der Waals surface area contributed by atoms with Crippen molar-refractivity contribution in [1.82, 2.24) is 0 Å². The molecular formula is C20H21BrN2O2S2. The highest BCUT2D eigenvalue weighted by Crippen LogP contribution is 2.37. The minimum Gasteiger partial charge on any atom is -0.315 e. The lowest BCUT2D eigenvalue weighted by atomic mass is 10.1. The molecule has 2 aromatic carbocycles. The Balaban J connectivity index is 1.65. The Morgan fingerprint density at radius 2 is 1.89 bits per heavy atom. The van der Waals surface area contributed by atoms with E-state index in [1.54, 1.807) is 11.8 Å². The van der Waals surface area contributed by atoms with Gasteiger partial charge >= 0.3 is 0 Å². The molecule has 27 heavy (non-hydrogen) atoms. The summed E-state index contributed by atoms with van der Waals surface area (Å²) in [4.78, 5) is 6.99. The van der Waals surface area contributed by atoms with Crippen molar-refractivity contribution in [2.24, 2.45) is 4.99 Å². The van der Waals surface area contributed by atoms with Crippen LogP contribution in [0.5, 0.6) is 0 Å². The van der Waals surface area contributed by atoms with Gasteiger partial charge in [-0.15, -0.1) is 0 Å². The summed E-state index contributed by atoms with van der Waals surface area (Å²) >= 11 is 5.15. The fraction of sp³-hybridized carbons (Fsp3) is 0.350. The molecule has 0 aromatic heterocycles. The summed E-state index contributed by atoms with van der Waals surface area (Å²) in [5, 5.41) is 0.927. The van der Waals surface area contributed by atoms with Crippen LogP contribution in [0.3, 0.4) is 0 Å². The number of anilines is 1. The molecule has 0 unspecified atom stereocenters. The molecule has 2 atom stereocenters. The molecule has 4 nitrogen and oxygen atoms in total. The van der Waals surface area contributed by atoms with E-state index in [1.807, 2.05) is 12.1 Å². The van der Waals surface area contributed by atoms with E-state index in [0.29, 0.717) is 0 Å². The second kappa shape index (κ2) is 7.26. The molecule has 2 aliphatic heterocycles. The third-order valence-electron chi connectivity index (χ3n) is 5.01. The number of thioether (sulfide) groups is 1. The van der Waals surface area contributed by atoms with Crippen molar-refractivity contribution in [3.63, 3.8) is 0 Å². The van der Waals surface area contributed by atoms with Crippen molar-refractivity contribution in [3.05, 3.63) is 63.6 Å². The highest BCUT2D eigenvalue weighted by Gasteiger charge is 2.47. The van der Waals surface area contributed by atoms with Crippen molar-refractivity contribution in [1.29, 1.82) is 0 Å². The first-order valence-electron chi connectivity index (χ1n) is 8.84. The molecule has 0 amide bonds. The number of hydrogen-bond donors (Lipinski definition) is 0. The quantitative estimate of drug-likeness (QED) is 0.677. The van der Waals surface area contributed by atoms with Crippen LogP contribution in [0, 0.1) is 13.8 Å². The Morgan fingerprint density at radius 1 is 1.15 bits per heavy atom. The summed E-state index contributed by atoms with van der Waals surface area (Å²) in [6, 6.07) is 14.3. The number of aryl methyl sites for hydroxylation is 2. The SMILES string of the molecule is Cc1ccc(C)c(N2C(SCc3ccc(Br)cc3)=N[C@@H]3CS(=O)(=O)C[C@H]32)c1. The number of benzene rings is 2. The monoisotopic (exact) mass is 464 g/mol. The van der Waals surface area contributed by atoms with Crippen LogP contribution >= 0.6 is 27.7 Å². The lowest BCUT2D eigenvalue weighted by Crippen LogP contribution is -2.39. The number of fused-ring (bicyclic) bond motifs is 1. The number of halogens is 1. The minimum atomic E-state index is -3.03. The van der Waals surface area contributed by atoms with Crippen LogP contribution in [0.2, 0.25) is 0 Å². The zero-order valence-corrected chi connectivity index (χ0v) is 18.4. The molecule has 1 fully saturated rings. The number of sulfone groups is 1. The van der Waals surface area contributed by atoms with E-state index in [4.69, 9.17) is 4.99 Å². The van der Waals surface area contributed by atoms with E-state index in [0.717, 1.165) is 32.2 Å². The second-order valence-corrected chi connectivity index (χ2v) is 11.2. The van der Waals surface area contributed by atoms with Crippen LogP contribution in [-0.4, -0.2) is 37.2 Å². The molecule has 7 heteroatoms. The van der Waals surface area contributed by atoms with E-state index >= 15 is 0 Å². The van der Waals surface area contributed by atoms with Gasteiger partial charge in [-0.3, -0.25) is 4.99 Å². The average Bonchev–Trinajstić information content (AvgIpc) is 3.08. The van der Waals surface area contributed by atoms with Crippen molar-refractivity contribution in [2.75, 3.05) is 16.4 Å². The van der Waals surface area contributed by atoms with Crippen molar-refractivity contribution in [3.8, 4) is 0 Å². The van der Waals surface area contributed by atoms with E-state index in [1.165, 1.54) is 5.56 Å². The van der Waals surface area contributed by atoms with Crippen LogP contribution in [0.15, 0.2) is 51.9 Å². The molecule has 142 valence electrons. The molecule has 0 N–H and O–H groups in total. The fourth-order valence-electron chi connectivity index (χ4n) is 3.62. The van der Waals surface area contributed by atoms with Gasteiger partial charge in [0.1, 0.15) is 0 Å². The summed E-state index contributed by atoms with van der Waals surface area (Å²) in [6.07, 6.45) is 0. The third kappa shape index (κ3) is 3.96. The molecular weight excluding hydrogens is 444 g/mol. The van der Waals surface area contributed by atoms with Gasteiger partial charge in [0.15, 0.2) is 15.0 Å². The topological polar surface area (TPSA) is 49.7 Å². The summed E-state index contributed by atoms with van der Waals surface area (Å²) in [5.41, 5.74) is 4.60. The van der Waals surface area contributed by atoms with E-state index in [-0.39, 0.29) is 23.6 Å². The van der Waals surface area contributed by atoms with Crippen molar-refractivity contribution >= 4 is 48.4 Å². The summed E-state index contributed by atoms with van der Waals surface area (Å²) < 4.78 is 25.4. The van der Waals surface area contributed by atoms with Gasteiger partial charge in [-0.25, -0.2) is 8.42 Å². The van der Waals surface area contributed by atoms with Gasteiger partial charge in [-0.05, 0) is 48.7 Å². The van der Waals surface area contributed by atoms with E-state index < -0.39 is 9.84 Å². The molecule has 4 rings (SSSR count). The van der Waals surface area contributed by atoms with Gasteiger partial charge in [0.25, 0.3) is 0 Å². The Hall–Kier alpha value is -1.31. The molecule has 2 aliphatic rings. The Labute approximate surface area is 173 Å². The number of rotatable bonds is 3. The lowest BCUT2D eigenvalue weighted by molar-refractivity contribution is 0.601. The summed E-state index contributed by atoms with van der Waals surface area (Å²) in [6.45, 7) is 4.14. The van der Waals surface area contributed by atoms with Crippen LogP contribution < -0.4 is 4.90 Å². The van der Waals surface area contributed by atoms with Gasteiger partial charge in [0.05, 0.1) is 23.6 Å². The summed E-state index contributed by atoms with van der Waals surface area (Å²) in [5.74, 6) is 1.14. The van der Waals surface area contributed by atoms with Crippen LogP contribution in [0.1, 0.15) is 16.7 Å². The Bertz CT molecular complexity index is 1000. The first-order valence-corrected chi connectivity index (χ1v) is 12.4. The van der Waals surface area contributed by atoms with E-state index in [2.05, 4.69) is 65.0 Å². The molecule has 0 saturated carbocycles. The third-order valence-corrected chi connectivity index (χ3v) is 8.28. The second-order valence-electron chi connectivity index (χ2n) is 7.20.